The van der Waals surface area contributed by atoms with E-state index in [9.17, 15) is 9.59 Å². The Hall–Kier alpha value is -3.54. The van der Waals surface area contributed by atoms with Gasteiger partial charge in [-0.25, -0.2) is 4.79 Å². The lowest BCUT2D eigenvalue weighted by molar-refractivity contribution is -0.152. The van der Waals surface area contributed by atoms with Crippen molar-refractivity contribution in [2.24, 2.45) is 5.92 Å². The van der Waals surface area contributed by atoms with Gasteiger partial charge in [0.05, 0.1) is 16.5 Å². The zero-order valence-electron chi connectivity index (χ0n) is 19.3. The fraction of sp³-hybridized carbons (Fsp3) is 0.333. The molecule has 2 aliphatic heterocycles. The minimum absolute atomic E-state index is 0.154. The van der Waals surface area contributed by atoms with Crippen LogP contribution in [0.5, 0.6) is 11.5 Å². The predicted octanol–water partition coefficient (Wildman–Crippen LogP) is 5.67. The molecule has 0 saturated carbocycles. The highest BCUT2D eigenvalue weighted by molar-refractivity contribution is 6.04. The molecule has 0 radical (unpaired) electrons. The van der Waals surface area contributed by atoms with Crippen LogP contribution in [0, 0.1) is 5.92 Å². The van der Waals surface area contributed by atoms with Crippen molar-refractivity contribution in [2.75, 3.05) is 0 Å². The van der Waals surface area contributed by atoms with Gasteiger partial charge in [0.1, 0.15) is 29.3 Å². The number of carbonyl (C=O) groups excluding carboxylic acids is 1. The van der Waals surface area contributed by atoms with E-state index in [1.54, 1.807) is 0 Å². The molecular formula is C27H26O6. The lowest BCUT2D eigenvalue weighted by atomic mass is 9.84. The Morgan fingerprint density at radius 2 is 1.82 bits per heavy atom. The van der Waals surface area contributed by atoms with Crippen LogP contribution in [0.2, 0.25) is 0 Å². The lowest BCUT2D eigenvalue weighted by Gasteiger charge is -2.38. The van der Waals surface area contributed by atoms with Gasteiger partial charge in [-0.1, -0.05) is 37.3 Å². The van der Waals surface area contributed by atoms with Gasteiger partial charge in [0.25, 0.3) is 0 Å². The molecule has 6 heteroatoms. The Labute approximate surface area is 191 Å². The topological polar surface area (TPSA) is 75.0 Å². The number of ether oxygens (including phenoxy) is 3. The zero-order valence-corrected chi connectivity index (χ0v) is 19.3. The molecule has 3 heterocycles. The van der Waals surface area contributed by atoms with E-state index in [0.717, 1.165) is 11.1 Å². The minimum atomic E-state index is -0.633. The average Bonchev–Trinajstić information content (AvgIpc) is 2.76. The Kier molecular flexibility index (Phi) is 4.85. The molecule has 0 spiro atoms. The normalized spacial score (nSPS) is 22.6. The summed E-state index contributed by atoms with van der Waals surface area (Å²) in [6.07, 6.45) is 3.09. The molecule has 0 bridgehead atoms. The predicted molar refractivity (Wildman–Crippen MR) is 125 cm³/mol. The lowest BCUT2D eigenvalue weighted by Crippen LogP contribution is -2.35. The third-order valence-corrected chi connectivity index (χ3v) is 6.37. The van der Waals surface area contributed by atoms with Crippen LogP contribution in [-0.4, -0.2) is 17.7 Å². The smallest absolute Gasteiger partial charge is 0.336 e. The van der Waals surface area contributed by atoms with Crippen LogP contribution in [0.3, 0.4) is 0 Å². The molecule has 33 heavy (non-hydrogen) atoms. The molecule has 3 aromatic rings. The number of carbonyl (C=O) groups is 1. The Morgan fingerprint density at radius 1 is 1.09 bits per heavy atom. The van der Waals surface area contributed by atoms with Crippen molar-refractivity contribution in [3.8, 4) is 22.6 Å². The molecule has 0 fully saturated rings. The highest BCUT2D eigenvalue weighted by Gasteiger charge is 2.42. The van der Waals surface area contributed by atoms with Gasteiger partial charge in [-0.2, -0.15) is 0 Å². The summed E-state index contributed by atoms with van der Waals surface area (Å²) in [4.78, 5) is 24.8. The number of rotatable bonds is 2. The Morgan fingerprint density at radius 3 is 2.52 bits per heavy atom. The first-order chi connectivity index (χ1) is 15.7. The van der Waals surface area contributed by atoms with Crippen LogP contribution in [-0.2, 0) is 9.53 Å². The summed E-state index contributed by atoms with van der Waals surface area (Å²) in [6.45, 7) is 9.21. The van der Waals surface area contributed by atoms with E-state index < -0.39 is 23.3 Å². The standard InChI is InChI=1S/C27H26O6/c1-14-15(2)30-24-18-11-12-27(4,5)33-25(18)21-19(17-9-7-6-8-10-17)13-20(29)32-26(21)22(24)23(14)31-16(3)28/h6-15,23H,1-5H3. The maximum Gasteiger partial charge on any atom is 0.336 e. The maximum atomic E-state index is 12.8. The molecule has 6 nitrogen and oxygen atoms in total. The monoisotopic (exact) mass is 446 g/mol. The van der Waals surface area contributed by atoms with Crippen LogP contribution >= 0.6 is 0 Å². The third kappa shape index (κ3) is 3.50. The van der Waals surface area contributed by atoms with Crippen LogP contribution in [0.25, 0.3) is 28.2 Å². The number of fused-ring (bicyclic) bond motifs is 6. The van der Waals surface area contributed by atoms with Crippen molar-refractivity contribution in [2.45, 2.75) is 52.4 Å². The van der Waals surface area contributed by atoms with Gasteiger partial charge in [0.15, 0.2) is 5.58 Å². The number of esters is 1. The van der Waals surface area contributed by atoms with Crippen LogP contribution in [0.1, 0.15) is 51.8 Å². The molecule has 3 atom stereocenters. The quantitative estimate of drug-likeness (QED) is 0.373. The van der Waals surface area contributed by atoms with Crippen LogP contribution < -0.4 is 15.1 Å². The molecular weight excluding hydrogens is 420 g/mol. The number of benzene rings is 2. The van der Waals surface area contributed by atoms with Crippen molar-refractivity contribution in [3.05, 3.63) is 64.0 Å². The van der Waals surface area contributed by atoms with E-state index in [2.05, 4.69) is 0 Å². The van der Waals surface area contributed by atoms with E-state index >= 15 is 0 Å². The molecule has 0 amide bonds. The zero-order chi connectivity index (χ0) is 23.5. The van der Waals surface area contributed by atoms with Crippen molar-refractivity contribution in [1.82, 2.24) is 0 Å². The second kappa shape index (κ2) is 7.51. The summed E-state index contributed by atoms with van der Waals surface area (Å²) in [5.74, 6) is 0.544. The molecule has 170 valence electrons. The summed E-state index contributed by atoms with van der Waals surface area (Å²) >= 11 is 0. The van der Waals surface area contributed by atoms with Gasteiger partial charge in [-0.3, -0.25) is 4.79 Å². The highest BCUT2D eigenvalue weighted by Crippen LogP contribution is 2.54. The summed E-state index contributed by atoms with van der Waals surface area (Å²) in [5.41, 5.74) is 2.12. The Balaban J connectivity index is 1.96. The van der Waals surface area contributed by atoms with Crippen LogP contribution in [0.4, 0.5) is 0 Å². The second-order valence-electron chi connectivity index (χ2n) is 9.29. The van der Waals surface area contributed by atoms with E-state index in [1.165, 1.54) is 13.0 Å². The van der Waals surface area contributed by atoms with E-state index in [4.69, 9.17) is 18.6 Å². The first-order valence-corrected chi connectivity index (χ1v) is 11.1. The van der Waals surface area contributed by atoms with Gasteiger partial charge < -0.3 is 18.6 Å². The minimum Gasteiger partial charge on any atom is -0.489 e. The van der Waals surface area contributed by atoms with Gasteiger partial charge in [-0.15, -0.1) is 0 Å². The van der Waals surface area contributed by atoms with Crippen LogP contribution in [0.15, 0.2) is 51.7 Å². The van der Waals surface area contributed by atoms with Gasteiger partial charge in [0.2, 0.25) is 0 Å². The van der Waals surface area contributed by atoms with Crippen molar-refractivity contribution in [3.63, 3.8) is 0 Å². The highest BCUT2D eigenvalue weighted by atomic mass is 16.6. The summed E-state index contributed by atoms with van der Waals surface area (Å²) in [6, 6.07) is 11.1. The largest absolute Gasteiger partial charge is 0.489 e. The maximum absolute atomic E-state index is 12.8. The first-order valence-electron chi connectivity index (χ1n) is 11.1. The van der Waals surface area contributed by atoms with Crippen molar-refractivity contribution in [1.29, 1.82) is 0 Å². The Bertz CT molecular complexity index is 1350. The molecule has 0 saturated heterocycles. The first kappa shape index (κ1) is 21.3. The molecule has 0 aliphatic carbocycles. The van der Waals surface area contributed by atoms with Crippen molar-refractivity contribution < 1.29 is 23.4 Å². The molecule has 2 aromatic carbocycles. The number of hydrogen-bond donors (Lipinski definition) is 0. The SMILES string of the molecule is CC(=O)OC1c2c(c3c(c4c(-c5ccccc5)cc(=O)oc24)OC(C)(C)C=C3)OC(C)C1C. The molecule has 5 rings (SSSR count). The molecule has 1 aromatic heterocycles. The fourth-order valence-corrected chi connectivity index (χ4v) is 4.61. The summed E-state index contributed by atoms with van der Waals surface area (Å²) in [5, 5.41) is 0.662. The summed E-state index contributed by atoms with van der Waals surface area (Å²) < 4.78 is 24.4. The second-order valence-corrected chi connectivity index (χ2v) is 9.29. The van der Waals surface area contributed by atoms with E-state index in [-0.39, 0.29) is 12.0 Å². The summed E-state index contributed by atoms with van der Waals surface area (Å²) in [7, 11) is 0. The fourth-order valence-electron chi connectivity index (χ4n) is 4.61. The molecule has 3 unspecified atom stereocenters. The van der Waals surface area contributed by atoms with Crippen molar-refractivity contribution >= 4 is 23.0 Å². The molecule has 2 aliphatic rings. The van der Waals surface area contributed by atoms with E-state index in [1.807, 2.05) is 70.2 Å². The van der Waals surface area contributed by atoms with E-state index in [0.29, 0.717) is 33.6 Å². The number of hydrogen-bond acceptors (Lipinski definition) is 6. The van der Waals surface area contributed by atoms with Gasteiger partial charge in [-0.05, 0) is 38.5 Å². The third-order valence-electron chi connectivity index (χ3n) is 6.37. The molecule has 0 N–H and O–H groups in total. The average molecular weight is 446 g/mol. The van der Waals surface area contributed by atoms with Gasteiger partial charge in [0, 0.05) is 24.5 Å². The van der Waals surface area contributed by atoms with Gasteiger partial charge >= 0.3 is 11.6 Å².